The van der Waals surface area contributed by atoms with Crippen molar-refractivity contribution in [3.05, 3.63) is 35.9 Å². The first-order chi connectivity index (χ1) is 8.18. The molecule has 2 nitrogen and oxygen atoms in total. The molecule has 0 N–H and O–H groups in total. The van der Waals surface area contributed by atoms with Crippen molar-refractivity contribution in [1.29, 1.82) is 0 Å². The van der Waals surface area contributed by atoms with Gasteiger partial charge >= 0.3 is 0 Å². The van der Waals surface area contributed by atoms with Gasteiger partial charge in [0.05, 0.1) is 6.54 Å². The van der Waals surface area contributed by atoms with Gasteiger partial charge in [0.25, 0.3) is 0 Å². The van der Waals surface area contributed by atoms with Crippen molar-refractivity contribution in [2.24, 2.45) is 5.92 Å². The molecule has 2 heteroatoms. The second-order valence-corrected chi connectivity index (χ2v) is 5.21. The Morgan fingerprint density at radius 3 is 2.71 bits per heavy atom. The smallest absolute Gasteiger partial charge is 0.176 e. The van der Waals surface area contributed by atoms with Crippen LogP contribution in [-0.2, 0) is 0 Å². The lowest BCUT2D eigenvalue weighted by atomic mass is 10.0. The molecule has 1 heterocycles. The first kappa shape index (κ1) is 12.3. The fraction of sp³-hybridized carbons (Fsp3) is 0.533. The summed E-state index contributed by atoms with van der Waals surface area (Å²) in [4.78, 5) is 14.5. The van der Waals surface area contributed by atoms with E-state index in [1.165, 1.54) is 12.8 Å². The number of nitrogens with zero attached hydrogens (tertiary/aromatic N) is 1. The van der Waals surface area contributed by atoms with Crippen molar-refractivity contribution in [2.45, 2.75) is 32.7 Å². The monoisotopic (exact) mass is 231 g/mol. The van der Waals surface area contributed by atoms with Crippen LogP contribution in [0.5, 0.6) is 0 Å². The number of carbonyl (C=O) groups is 1. The average molecular weight is 231 g/mol. The fourth-order valence-electron chi connectivity index (χ4n) is 2.70. The molecule has 0 radical (unpaired) electrons. The molecule has 1 aromatic rings. The molecular formula is C15H21NO. The summed E-state index contributed by atoms with van der Waals surface area (Å²) in [7, 11) is 0. The largest absolute Gasteiger partial charge is 0.293 e. The fourth-order valence-corrected chi connectivity index (χ4v) is 2.70. The summed E-state index contributed by atoms with van der Waals surface area (Å²) < 4.78 is 0. The Bertz CT molecular complexity index is 372. The molecule has 92 valence electrons. The van der Waals surface area contributed by atoms with Crippen molar-refractivity contribution in [2.75, 3.05) is 13.1 Å². The third-order valence-corrected chi connectivity index (χ3v) is 3.63. The van der Waals surface area contributed by atoms with Crippen molar-refractivity contribution >= 4 is 5.78 Å². The van der Waals surface area contributed by atoms with Crippen LogP contribution in [0.15, 0.2) is 30.3 Å². The van der Waals surface area contributed by atoms with E-state index < -0.39 is 0 Å². The van der Waals surface area contributed by atoms with Gasteiger partial charge in [0.15, 0.2) is 5.78 Å². The van der Waals surface area contributed by atoms with E-state index in [0.29, 0.717) is 18.5 Å². The molecule has 0 bridgehead atoms. The molecule has 17 heavy (non-hydrogen) atoms. The zero-order valence-electron chi connectivity index (χ0n) is 10.7. The summed E-state index contributed by atoms with van der Waals surface area (Å²) >= 11 is 0. The molecule has 1 aliphatic rings. The molecule has 1 fully saturated rings. The van der Waals surface area contributed by atoms with E-state index in [9.17, 15) is 4.79 Å². The second kappa shape index (κ2) is 5.46. The van der Waals surface area contributed by atoms with E-state index >= 15 is 0 Å². The molecule has 0 saturated carbocycles. The van der Waals surface area contributed by atoms with Gasteiger partial charge in [-0.05, 0) is 25.3 Å². The van der Waals surface area contributed by atoms with Crippen molar-refractivity contribution in [1.82, 2.24) is 4.90 Å². The van der Waals surface area contributed by atoms with E-state index in [1.807, 2.05) is 30.3 Å². The molecule has 1 aromatic carbocycles. The average Bonchev–Trinajstić information content (AvgIpc) is 2.78. The maximum absolute atomic E-state index is 12.1. The van der Waals surface area contributed by atoms with Gasteiger partial charge < -0.3 is 0 Å². The van der Waals surface area contributed by atoms with Crippen molar-refractivity contribution in [3.8, 4) is 0 Å². The van der Waals surface area contributed by atoms with Crippen LogP contribution in [0.1, 0.15) is 37.0 Å². The first-order valence-corrected chi connectivity index (χ1v) is 6.51. The molecular weight excluding hydrogens is 210 g/mol. The Balaban J connectivity index is 1.99. The normalized spacial score (nSPS) is 21.0. The predicted octanol–water partition coefficient (Wildman–Crippen LogP) is 2.99. The van der Waals surface area contributed by atoms with Crippen molar-refractivity contribution in [3.63, 3.8) is 0 Å². The van der Waals surface area contributed by atoms with Crippen LogP contribution in [0.25, 0.3) is 0 Å². The quantitative estimate of drug-likeness (QED) is 0.742. The lowest BCUT2D eigenvalue weighted by Gasteiger charge is -2.26. The van der Waals surface area contributed by atoms with Gasteiger partial charge in [-0.2, -0.15) is 0 Å². The Kier molecular flexibility index (Phi) is 3.95. The third-order valence-electron chi connectivity index (χ3n) is 3.63. The minimum absolute atomic E-state index is 0.248. The molecule has 1 unspecified atom stereocenters. The van der Waals surface area contributed by atoms with Crippen LogP contribution in [-0.4, -0.2) is 29.8 Å². The van der Waals surface area contributed by atoms with Crippen molar-refractivity contribution < 1.29 is 4.79 Å². The number of likely N-dealkylation sites (tertiary alicyclic amines) is 1. The van der Waals surface area contributed by atoms with E-state index in [1.54, 1.807) is 0 Å². The first-order valence-electron chi connectivity index (χ1n) is 6.51. The summed E-state index contributed by atoms with van der Waals surface area (Å²) in [5.41, 5.74) is 0.835. The van der Waals surface area contributed by atoms with Crippen LogP contribution in [0, 0.1) is 5.92 Å². The topological polar surface area (TPSA) is 20.3 Å². The summed E-state index contributed by atoms with van der Waals surface area (Å²) in [6, 6.07) is 10.2. The van der Waals surface area contributed by atoms with Gasteiger partial charge in [-0.25, -0.2) is 0 Å². The molecule has 1 atom stereocenters. The summed E-state index contributed by atoms with van der Waals surface area (Å²) in [5.74, 6) is 0.888. The zero-order valence-corrected chi connectivity index (χ0v) is 10.7. The maximum Gasteiger partial charge on any atom is 0.176 e. The van der Waals surface area contributed by atoms with Gasteiger partial charge in [0.1, 0.15) is 0 Å². The van der Waals surface area contributed by atoms with E-state index in [4.69, 9.17) is 0 Å². The molecule has 2 rings (SSSR count). The van der Waals surface area contributed by atoms with E-state index in [2.05, 4.69) is 18.7 Å². The highest BCUT2D eigenvalue weighted by Crippen LogP contribution is 2.23. The number of ketones is 1. The van der Waals surface area contributed by atoms with Crippen LogP contribution in [0.2, 0.25) is 0 Å². The van der Waals surface area contributed by atoms with Gasteiger partial charge in [-0.1, -0.05) is 44.2 Å². The van der Waals surface area contributed by atoms with Crippen LogP contribution < -0.4 is 0 Å². The zero-order chi connectivity index (χ0) is 12.3. The van der Waals surface area contributed by atoms with Gasteiger partial charge in [0, 0.05) is 11.6 Å². The second-order valence-electron chi connectivity index (χ2n) is 5.21. The van der Waals surface area contributed by atoms with Crippen LogP contribution in [0.3, 0.4) is 0 Å². The SMILES string of the molecule is CC(C)C1CCCN1CC(=O)c1ccccc1. The number of hydrogen-bond donors (Lipinski definition) is 0. The number of hydrogen-bond acceptors (Lipinski definition) is 2. The third kappa shape index (κ3) is 2.95. The van der Waals surface area contributed by atoms with E-state index in [0.717, 1.165) is 12.1 Å². The minimum atomic E-state index is 0.248. The molecule has 0 spiro atoms. The lowest BCUT2D eigenvalue weighted by Crippen LogP contribution is -2.37. The number of rotatable bonds is 4. The highest BCUT2D eigenvalue weighted by molar-refractivity contribution is 5.97. The number of Topliss-reactive ketones (excluding diaryl/α,β-unsaturated/α-hetero) is 1. The highest BCUT2D eigenvalue weighted by atomic mass is 16.1. The van der Waals surface area contributed by atoms with E-state index in [-0.39, 0.29) is 5.78 Å². The van der Waals surface area contributed by atoms with Gasteiger partial charge in [0.2, 0.25) is 0 Å². The Labute approximate surface area is 104 Å². The van der Waals surface area contributed by atoms with Crippen LogP contribution in [0.4, 0.5) is 0 Å². The maximum atomic E-state index is 12.1. The summed E-state index contributed by atoms with van der Waals surface area (Å²) in [6.45, 7) is 6.14. The summed E-state index contributed by atoms with van der Waals surface area (Å²) in [5, 5.41) is 0. The molecule has 1 aliphatic heterocycles. The summed E-state index contributed by atoms with van der Waals surface area (Å²) in [6.07, 6.45) is 2.46. The van der Waals surface area contributed by atoms with Gasteiger partial charge in [-0.15, -0.1) is 0 Å². The Morgan fingerprint density at radius 1 is 1.35 bits per heavy atom. The lowest BCUT2D eigenvalue weighted by molar-refractivity contribution is 0.0904. The highest BCUT2D eigenvalue weighted by Gasteiger charge is 2.28. The number of benzene rings is 1. The predicted molar refractivity (Wildman–Crippen MR) is 70.2 cm³/mol. The minimum Gasteiger partial charge on any atom is -0.293 e. The number of carbonyl (C=O) groups excluding carboxylic acids is 1. The molecule has 1 saturated heterocycles. The van der Waals surface area contributed by atoms with Crippen LogP contribution >= 0.6 is 0 Å². The molecule has 0 aromatic heterocycles. The standard InChI is InChI=1S/C15H21NO/c1-12(2)14-9-6-10-16(14)11-15(17)13-7-4-3-5-8-13/h3-5,7-8,12,14H,6,9-11H2,1-2H3. The molecule has 0 aliphatic carbocycles. The van der Waals surface area contributed by atoms with Gasteiger partial charge in [-0.3, -0.25) is 9.69 Å². The Morgan fingerprint density at radius 2 is 2.06 bits per heavy atom. The Hall–Kier alpha value is -1.15. The molecule has 0 amide bonds.